The second-order valence-corrected chi connectivity index (χ2v) is 19.2. The fourth-order valence-corrected chi connectivity index (χ4v) is 7.21. The van der Waals surface area contributed by atoms with E-state index in [1.807, 2.05) is 86.6 Å². The zero-order valence-corrected chi connectivity index (χ0v) is 39.4. The Morgan fingerprint density at radius 3 is 1.55 bits per heavy atom. The Bertz CT molecular complexity index is 2210. The summed E-state index contributed by atoms with van der Waals surface area (Å²) in [5.74, 6) is 0. The van der Waals surface area contributed by atoms with Gasteiger partial charge >= 0.3 is 19.3 Å². The first kappa shape index (κ1) is 51.6. The second kappa shape index (κ2) is 22.1. The summed E-state index contributed by atoms with van der Waals surface area (Å²) in [6.45, 7) is 25.4. The molecule has 3 fully saturated rings. The van der Waals surface area contributed by atoms with E-state index < -0.39 is 18.3 Å². The van der Waals surface area contributed by atoms with Crippen LogP contribution in [0.15, 0.2) is 66.4 Å². The van der Waals surface area contributed by atoms with Crippen LogP contribution < -0.4 is 5.46 Å². The normalized spacial score (nSPS) is 15.5. The third-order valence-corrected chi connectivity index (χ3v) is 11.8. The molecule has 0 bridgehead atoms. The quantitative estimate of drug-likeness (QED) is 0.190. The van der Waals surface area contributed by atoms with E-state index in [-0.39, 0.29) is 23.0 Å². The van der Waals surface area contributed by atoms with Crippen LogP contribution in [0.1, 0.15) is 101 Å². The maximum absolute atomic E-state index is 12.1. The molecule has 0 atom stereocenters. The third kappa shape index (κ3) is 14.7. The molecule has 11 nitrogen and oxygen atoms in total. The number of likely N-dealkylation sites (tertiary alicyclic amines) is 2. The van der Waals surface area contributed by atoms with Crippen LogP contribution in [0.2, 0.25) is 15.1 Å². The molecule has 0 aromatic heterocycles. The predicted octanol–water partition coefficient (Wildman–Crippen LogP) is 10.4. The first-order chi connectivity index (χ1) is 28.9. The summed E-state index contributed by atoms with van der Waals surface area (Å²) in [5.41, 5.74) is 5.57. The van der Waals surface area contributed by atoms with Crippen molar-refractivity contribution in [2.75, 3.05) is 26.2 Å². The van der Waals surface area contributed by atoms with Crippen molar-refractivity contribution in [1.29, 1.82) is 10.5 Å². The summed E-state index contributed by atoms with van der Waals surface area (Å²) >= 11 is 17.8. The first-order valence-corrected chi connectivity index (χ1v) is 21.4. The van der Waals surface area contributed by atoms with E-state index in [0.717, 1.165) is 45.7 Å². The van der Waals surface area contributed by atoms with Gasteiger partial charge in [0.05, 0.1) is 18.7 Å². The van der Waals surface area contributed by atoms with Gasteiger partial charge in [0.1, 0.15) is 11.2 Å². The molecule has 1 saturated carbocycles. The van der Waals surface area contributed by atoms with E-state index in [1.165, 1.54) is 18.2 Å². The second-order valence-electron chi connectivity index (χ2n) is 18.0. The molecule has 6 rings (SSSR count). The largest absolute Gasteiger partial charge is 0.488 e. The molecule has 2 saturated heterocycles. The van der Waals surface area contributed by atoms with Gasteiger partial charge in [-0.1, -0.05) is 77.6 Å². The first-order valence-electron chi connectivity index (χ1n) is 20.3. The molecule has 2 amide bonds. The smallest absolute Gasteiger partial charge is 0.444 e. The molecule has 15 heteroatoms. The SMILES string of the molecule is Cc1cc(B(O)O)ccc1Cl.Cc1cc(C2(CC#N)CCC2)ccc1Cl.Cc1cc(C2(CC#N)CN(C(=O)OC(C)(C)C)C2)ccc1Cl.[C-]#[N+]C=C1CN(C(=O)OC(C)(C)C)C1. The van der Waals surface area contributed by atoms with Crippen molar-refractivity contribution in [2.45, 2.75) is 116 Å². The molecular weight excluding hydrogens is 848 g/mol. The van der Waals surface area contributed by atoms with Crippen molar-refractivity contribution in [3.05, 3.63) is 121 Å². The number of nitriles is 2. The molecule has 3 aromatic carbocycles. The maximum Gasteiger partial charge on any atom is 0.488 e. The highest BCUT2D eigenvalue weighted by Crippen LogP contribution is 2.47. The van der Waals surface area contributed by atoms with E-state index in [0.29, 0.717) is 54.5 Å². The lowest BCUT2D eigenvalue weighted by Crippen LogP contribution is -2.61. The number of hydrogen-bond acceptors (Lipinski definition) is 8. The van der Waals surface area contributed by atoms with Crippen LogP contribution in [0.4, 0.5) is 9.59 Å². The zero-order chi connectivity index (χ0) is 46.6. The van der Waals surface area contributed by atoms with Crippen molar-refractivity contribution in [2.24, 2.45) is 0 Å². The molecule has 2 N–H and O–H groups in total. The lowest BCUT2D eigenvalue weighted by Gasteiger charge is -2.49. The van der Waals surface area contributed by atoms with Gasteiger partial charge < -0.3 is 29.3 Å². The summed E-state index contributed by atoms with van der Waals surface area (Å²) in [5, 5.41) is 37.7. The van der Waals surface area contributed by atoms with Crippen LogP contribution in [0.25, 0.3) is 4.85 Å². The maximum atomic E-state index is 12.1. The van der Waals surface area contributed by atoms with Crippen molar-refractivity contribution >= 4 is 59.6 Å². The molecule has 2 heterocycles. The zero-order valence-electron chi connectivity index (χ0n) is 37.1. The van der Waals surface area contributed by atoms with Crippen LogP contribution in [0, 0.1) is 50.0 Å². The number of nitrogens with zero attached hydrogens (tertiary/aromatic N) is 5. The fraction of sp³-hybridized carbons (Fsp3) is 0.468. The number of ether oxygens (including phenoxy) is 2. The van der Waals surface area contributed by atoms with E-state index in [4.69, 9.17) is 71.4 Å². The number of halogens is 3. The van der Waals surface area contributed by atoms with Crippen LogP contribution in [0.5, 0.6) is 0 Å². The number of aryl methyl sites for hydroxylation is 3. The standard InChI is InChI=1S/C17H21ClN2O2.C13H14ClN.C10H14N2O2.C7H8BClO2/c1-12-9-13(5-6-14(12)18)17(7-8-19)10-20(11-17)15(21)22-16(2,3)4;1-10-9-11(3-4-12(10)14)13(7-8-15)5-2-6-13;1-10(2,3)14-9(13)12-6-8(7-12)5-11-4;1-5-4-6(8(10)11)2-3-7(5)9/h5-6,9H,7,10-11H2,1-4H3;3-4,9H,2,5-7H2,1H3;5H,6-7H2,1-3H3;2-4,10-11H,1H3. The van der Waals surface area contributed by atoms with Crippen molar-refractivity contribution in [1.82, 2.24) is 9.80 Å². The van der Waals surface area contributed by atoms with Gasteiger partial charge in [0, 0.05) is 64.9 Å². The molecule has 0 radical (unpaired) electrons. The Morgan fingerprint density at radius 1 is 0.758 bits per heavy atom. The Hall–Kier alpha value is -4.74. The van der Waals surface area contributed by atoms with Gasteiger partial charge in [-0.05, 0) is 132 Å². The van der Waals surface area contributed by atoms with E-state index in [1.54, 1.807) is 28.0 Å². The minimum Gasteiger partial charge on any atom is -0.444 e. The number of carbonyl (C=O) groups is 2. The average Bonchev–Trinajstić information content (AvgIpc) is 3.12. The Kier molecular flexibility index (Phi) is 18.4. The fourth-order valence-electron chi connectivity index (χ4n) is 6.86. The van der Waals surface area contributed by atoms with Gasteiger partial charge in [-0.25, -0.2) is 14.4 Å². The molecule has 3 aromatic rings. The molecule has 2 aliphatic heterocycles. The minimum absolute atomic E-state index is 0.129. The van der Waals surface area contributed by atoms with Gasteiger partial charge in [0.2, 0.25) is 0 Å². The molecule has 330 valence electrons. The highest BCUT2D eigenvalue weighted by atomic mass is 35.5. The predicted molar refractivity (Wildman–Crippen MR) is 246 cm³/mol. The molecule has 1 aliphatic carbocycles. The van der Waals surface area contributed by atoms with Gasteiger partial charge in [0.15, 0.2) is 6.20 Å². The molecular formula is C47H57BCl3N5O6. The number of hydrogen-bond donors (Lipinski definition) is 2. The Labute approximate surface area is 382 Å². The molecule has 0 unspecified atom stereocenters. The van der Waals surface area contributed by atoms with Gasteiger partial charge in [0.25, 0.3) is 0 Å². The number of amides is 2. The van der Waals surface area contributed by atoms with Crippen LogP contribution in [0.3, 0.4) is 0 Å². The van der Waals surface area contributed by atoms with Crippen LogP contribution >= 0.6 is 34.8 Å². The van der Waals surface area contributed by atoms with Gasteiger partial charge in [-0.2, -0.15) is 10.5 Å². The molecule has 3 aliphatic rings. The topological polar surface area (TPSA) is 151 Å². The molecule has 62 heavy (non-hydrogen) atoms. The summed E-state index contributed by atoms with van der Waals surface area (Å²) in [7, 11) is -1.41. The summed E-state index contributed by atoms with van der Waals surface area (Å²) in [4.78, 5) is 29.8. The number of carbonyl (C=O) groups excluding carboxylic acids is 2. The monoisotopic (exact) mass is 903 g/mol. The summed E-state index contributed by atoms with van der Waals surface area (Å²) in [6, 6.07) is 21.4. The Balaban J connectivity index is 0.000000228. The van der Waals surface area contributed by atoms with Gasteiger partial charge in [-0.3, -0.25) is 0 Å². The Morgan fingerprint density at radius 2 is 1.18 bits per heavy atom. The number of benzene rings is 3. The van der Waals surface area contributed by atoms with E-state index >= 15 is 0 Å². The highest BCUT2D eigenvalue weighted by Gasteiger charge is 2.48. The van der Waals surface area contributed by atoms with E-state index in [9.17, 15) is 9.59 Å². The van der Waals surface area contributed by atoms with Crippen LogP contribution in [-0.4, -0.2) is 76.5 Å². The lowest BCUT2D eigenvalue weighted by atomic mass is 9.63. The summed E-state index contributed by atoms with van der Waals surface area (Å²) < 4.78 is 10.5. The average molecular weight is 905 g/mol. The third-order valence-electron chi connectivity index (χ3n) is 10.5. The van der Waals surface area contributed by atoms with Crippen molar-refractivity contribution in [3.63, 3.8) is 0 Å². The van der Waals surface area contributed by atoms with E-state index in [2.05, 4.69) is 29.1 Å². The minimum atomic E-state index is -1.41. The highest BCUT2D eigenvalue weighted by molar-refractivity contribution is 6.58. The van der Waals surface area contributed by atoms with Crippen LogP contribution in [-0.2, 0) is 20.3 Å². The lowest BCUT2D eigenvalue weighted by molar-refractivity contribution is -0.00922. The number of rotatable bonds is 5. The molecule has 0 spiro atoms. The van der Waals surface area contributed by atoms with Crippen molar-refractivity contribution < 1.29 is 29.1 Å². The van der Waals surface area contributed by atoms with Gasteiger partial charge in [-0.15, -0.1) is 0 Å². The summed E-state index contributed by atoms with van der Waals surface area (Å²) in [6.07, 6.45) is 5.35. The van der Waals surface area contributed by atoms with Crippen molar-refractivity contribution in [3.8, 4) is 12.1 Å².